The number of nitrogens with zero attached hydrogens (tertiary/aromatic N) is 5. The minimum atomic E-state index is -0.0863. The molecular weight excluding hydrogens is 442 g/mol. The van der Waals surface area contributed by atoms with E-state index in [0.717, 1.165) is 42.5 Å². The molecule has 1 amide bonds. The fourth-order valence-electron chi connectivity index (χ4n) is 4.96. The van der Waals surface area contributed by atoms with Crippen molar-refractivity contribution in [3.63, 3.8) is 0 Å². The maximum absolute atomic E-state index is 13.1. The number of amides is 1. The first kappa shape index (κ1) is 24.9. The highest BCUT2D eigenvalue weighted by Crippen LogP contribution is 2.43. The first-order valence-corrected chi connectivity index (χ1v) is 12.6. The zero-order valence-electron chi connectivity index (χ0n) is 20.9. The van der Waals surface area contributed by atoms with Gasteiger partial charge in [0.15, 0.2) is 6.61 Å². The number of aliphatic hydroxyl groups excluding tert-OH is 1. The number of aliphatic hydroxyl groups is 1. The molecular formula is C27H35N5O3. The van der Waals surface area contributed by atoms with E-state index in [9.17, 15) is 15.2 Å². The average molecular weight is 478 g/mol. The number of anilines is 1. The van der Waals surface area contributed by atoms with Gasteiger partial charge in [-0.15, -0.1) is 0 Å². The van der Waals surface area contributed by atoms with Gasteiger partial charge in [0.25, 0.3) is 5.91 Å². The summed E-state index contributed by atoms with van der Waals surface area (Å²) in [4.78, 5) is 26.2. The van der Waals surface area contributed by atoms with E-state index in [4.69, 9.17) is 9.72 Å². The molecule has 8 nitrogen and oxygen atoms in total. The third-order valence-corrected chi connectivity index (χ3v) is 6.96. The average Bonchev–Trinajstić information content (AvgIpc) is 3.72. The van der Waals surface area contributed by atoms with Crippen molar-refractivity contribution in [2.45, 2.75) is 65.0 Å². The molecule has 0 spiro atoms. The smallest absolute Gasteiger partial charge is 0.260 e. The molecule has 186 valence electrons. The standard InChI is InChI=1S/C27H35N5O3/c1-4-6-21-22(13-28)27(30-26(19-8-9-19)23(21)16-33)31-11-12-32(24(15-31)18(2)3)25(34)17-35-20-7-5-10-29-14-20/h5,7,10,14,18-19,24,33H,4,6,8-9,11-12,15-17H2,1-3H3/t24-/m0/s1. The topological polar surface area (TPSA) is 103 Å². The molecule has 8 heteroatoms. The number of hydrogen-bond acceptors (Lipinski definition) is 7. The highest BCUT2D eigenvalue weighted by Gasteiger charge is 2.36. The van der Waals surface area contributed by atoms with Crippen molar-refractivity contribution in [1.82, 2.24) is 14.9 Å². The third-order valence-electron chi connectivity index (χ3n) is 6.96. The first-order valence-electron chi connectivity index (χ1n) is 12.6. The molecule has 2 aromatic rings. The molecule has 2 fully saturated rings. The summed E-state index contributed by atoms with van der Waals surface area (Å²) in [7, 11) is 0. The van der Waals surface area contributed by atoms with Crippen molar-refractivity contribution in [1.29, 1.82) is 5.26 Å². The van der Waals surface area contributed by atoms with E-state index in [0.29, 0.717) is 42.7 Å². The second kappa shape index (κ2) is 11.0. The lowest BCUT2D eigenvalue weighted by molar-refractivity contribution is -0.137. The van der Waals surface area contributed by atoms with Crippen LogP contribution in [0.3, 0.4) is 0 Å². The lowest BCUT2D eigenvalue weighted by atomic mass is 9.94. The molecule has 2 aromatic heterocycles. The van der Waals surface area contributed by atoms with E-state index in [-0.39, 0.29) is 31.1 Å². The van der Waals surface area contributed by atoms with Crippen LogP contribution >= 0.6 is 0 Å². The van der Waals surface area contributed by atoms with Gasteiger partial charge in [-0.2, -0.15) is 5.26 Å². The quantitative estimate of drug-likeness (QED) is 0.590. The Morgan fingerprint density at radius 3 is 2.71 bits per heavy atom. The highest BCUT2D eigenvalue weighted by atomic mass is 16.5. The van der Waals surface area contributed by atoms with Gasteiger partial charge in [-0.05, 0) is 42.9 Å². The summed E-state index contributed by atoms with van der Waals surface area (Å²) in [5.41, 5.74) is 3.31. The number of hydrogen-bond donors (Lipinski definition) is 1. The van der Waals surface area contributed by atoms with E-state index < -0.39 is 0 Å². The molecule has 0 bridgehead atoms. The van der Waals surface area contributed by atoms with E-state index in [1.54, 1.807) is 24.5 Å². The number of nitriles is 1. The van der Waals surface area contributed by atoms with Crippen molar-refractivity contribution < 1.29 is 14.6 Å². The summed E-state index contributed by atoms with van der Waals surface area (Å²) < 4.78 is 5.67. The van der Waals surface area contributed by atoms with E-state index in [1.807, 2.05) is 4.90 Å². The van der Waals surface area contributed by atoms with Crippen molar-refractivity contribution in [2.75, 3.05) is 31.1 Å². The lowest BCUT2D eigenvalue weighted by Gasteiger charge is -2.44. The van der Waals surface area contributed by atoms with Gasteiger partial charge in [-0.1, -0.05) is 27.2 Å². The Morgan fingerprint density at radius 1 is 1.31 bits per heavy atom. The van der Waals surface area contributed by atoms with Crippen LogP contribution in [0.15, 0.2) is 24.5 Å². The molecule has 0 aromatic carbocycles. The Morgan fingerprint density at radius 2 is 2.11 bits per heavy atom. The Kier molecular flexibility index (Phi) is 7.86. The molecule has 0 radical (unpaired) electrons. The fourth-order valence-corrected chi connectivity index (χ4v) is 4.96. The number of piperazine rings is 1. The number of ether oxygens (including phenoxy) is 1. The highest BCUT2D eigenvalue weighted by molar-refractivity contribution is 5.78. The monoisotopic (exact) mass is 477 g/mol. The summed E-state index contributed by atoms with van der Waals surface area (Å²) in [6.45, 7) is 7.93. The molecule has 4 rings (SSSR count). The second-order valence-electron chi connectivity index (χ2n) is 9.77. The van der Waals surface area contributed by atoms with Crippen LogP contribution in [0.25, 0.3) is 0 Å². The van der Waals surface area contributed by atoms with Gasteiger partial charge in [-0.3, -0.25) is 9.78 Å². The number of aromatic nitrogens is 2. The minimum Gasteiger partial charge on any atom is -0.482 e. The molecule has 1 N–H and O–H groups in total. The van der Waals surface area contributed by atoms with Crippen LogP contribution in [0.4, 0.5) is 5.82 Å². The van der Waals surface area contributed by atoms with Crippen molar-refractivity contribution in [3.05, 3.63) is 46.9 Å². The number of carbonyl (C=O) groups excluding carboxylic acids is 1. The lowest BCUT2D eigenvalue weighted by Crippen LogP contribution is -2.58. The zero-order chi connectivity index (χ0) is 24.9. The molecule has 1 atom stereocenters. The zero-order valence-corrected chi connectivity index (χ0v) is 20.9. The Labute approximate surface area is 207 Å². The molecule has 3 heterocycles. The summed E-state index contributed by atoms with van der Waals surface area (Å²) in [5.74, 6) is 1.82. The Balaban J connectivity index is 1.59. The van der Waals surface area contributed by atoms with E-state index in [1.165, 1.54) is 0 Å². The predicted octanol–water partition coefficient (Wildman–Crippen LogP) is 3.42. The van der Waals surface area contributed by atoms with Gasteiger partial charge in [0.1, 0.15) is 17.6 Å². The largest absolute Gasteiger partial charge is 0.482 e. The summed E-state index contributed by atoms with van der Waals surface area (Å²) in [5, 5.41) is 20.3. The molecule has 35 heavy (non-hydrogen) atoms. The van der Waals surface area contributed by atoms with Gasteiger partial charge in [-0.25, -0.2) is 4.98 Å². The maximum Gasteiger partial charge on any atom is 0.260 e. The van der Waals surface area contributed by atoms with Crippen LogP contribution in [0.1, 0.15) is 68.3 Å². The summed E-state index contributed by atoms with van der Waals surface area (Å²) >= 11 is 0. The molecule has 1 saturated heterocycles. The van der Waals surface area contributed by atoms with Crippen LogP contribution in [0, 0.1) is 17.2 Å². The van der Waals surface area contributed by atoms with Crippen molar-refractivity contribution in [3.8, 4) is 11.8 Å². The number of carbonyl (C=O) groups is 1. The molecule has 1 saturated carbocycles. The normalized spacial score (nSPS) is 18.0. The SMILES string of the molecule is CCCc1c(C#N)c(N2CCN(C(=O)COc3cccnc3)[C@H](C(C)C)C2)nc(C2CC2)c1CO. The van der Waals surface area contributed by atoms with E-state index >= 15 is 0 Å². The fraction of sp³-hybridized carbons (Fsp3) is 0.556. The summed E-state index contributed by atoms with van der Waals surface area (Å²) in [6.07, 6.45) is 7.05. The van der Waals surface area contributed by atoms with Gasteiger partial charge in [0.2, 0.25) is 0 Å². The second-order valence-corrected chi connectivity index (χ2v) is 9.77. The minimum absolute atomic E-state index is 0.0291. The molecule has 0 unspecified atom stereocenters. The Hall–Kier alpha value is -3.18. The van der Waals surface area contributed by atoms with Crippen molar-refractivity contribution in [2.24, 2.45) is 5.92 Å². The van der Waals surface area contributed by atoms with Crippen molar-refractivity contribution >= 4 is 11.7 Å². The number of rotatable bonds is 9. The van der Waals surface area contributed by atoms with Crippen LogP contribution in [-0.4, -0.2) is 58.2 Å². The van der Waals surface area contributed by atoms with Crippen LogP contribution in [0.5, 0.6) is 5.75 Å². The van der Waals surface area contributed by atoms with Crippen LogP contribution in [0.2, 0.25) is 0 Å². The molecule has 1 aliphatic heterocycles. The van der Waals surface area contributed by atoms with E-state index in [2.05, 4.69) is 36.7 Å². The van der Waals surface area contributed by atoms with Gasteiger partial charge in [0, 0.05) is 37.3 Å². The maximum atomic E-state index is 13.1. The molecule has 2 aliphatic rings. The molecule has 1 aliphatic carbocycles. The van der Waals surface area contributed by atoms with Crippen LogP contribution in [-0.2, 0) is 17.8 Å². The van der Waals surface area contributed by atoms with Crippen LogP contribution < -0.4 is 9.64 Å². The number of pyridine rings is 2. The van der Waals surface area contributed by atoms with Gasteiger partial charge >= 0.3 is 0 Å². The first-order chi connectivity index (χ1) is 17.0. The Bertz CT molecular complexity index is 1080. The summed E-state index contributed by atoms with van der Waals surface area (Å²) in [6, 6.07) is 5.94. The third kappa shape index (κ3) is 5.40. The van der Waals surface area contributed by atoms with Gasteiger partial charge in [0.05, 0.1) is 30.1 Å². The predicted molar refractivity (Wildman–Crippen MR) is 133 cm³/mol. The van der Waals surface area contributed by atoms with Gasteiger partial charge < -0.3 is 19.6 Å².